The molecule has 4 N–H and O–H groups in total. The monoisotopic (exact) mass is 1140 g/mol. The van der Waals surface area contributed by atoms with Gasteiger partial charge in [-0.3, -0.25) is 4.79 Å². The molecule has 0 aromatic heterocycles. The number of phenols is 2. The predicted octanol–water partition coefficient (Wildman–Crippen LogP) is 13.1. The van der Waals surface area contributed by atoms with E-state index in [1.165, 1.54) is 17.7 Å². The molecule has 3 aliphatic carbocycles. The summed E-state index contributed by atoms with van der Waals surface area (Å²) in [7, 11) is 7.92. The quantitative estimate of drug-likeness (QED) is 0.0692. The Hall–Kier alpha value is -10.5. The van der Waals surface area contributed by atoms with E-state index in [9.17, 15) is 34.8 Å². The molecule has 13 rings (SSSR count). The van der Waals surface area contributed by atoms with Gasteiger partial charge in [0.1, 0.15) is 65.9 Å². The second-order valence-corrected chi connectivity index (χ2v) is 22.0. The number of esters is 1. The van der Waals surface area contributed by atoms with Crippen molar-refractivity contribution in [1.82, 2.24) is 4.58 Å². The topological polar surface area (TPSA) is 217 Å². The largest absolute Gasteiger partial charge is 0.508 e. The first-order valence-electron chi connectivity index (χ1n) is 27.5. The average molecular weight is 1140 g/mol. The third-order valence-corrected chi connectivity index (χ3v) is 15.5. The van der Waals surface area contributed by atoms with E-state index < -0.39 is 17.7 Å². The van der Waals surface area contributed by atoms with Crippen LogP contribution in [0, 0.1) is 5.92 Å². The van der Waals surface area contributed by atoms with Gasteiger partial charge < -0.3 is 43.6 Å². The fourth-order valence-corrected chi connectivity index (χ4v) is 11.3. The van der Waals surface area contributed by atoms with Gasteiger partial charge in [-0.05, 0) is 113 Å². The third kappa shape index (κ3) is 11.0. The molecule has 0 saturated heterocycles. The number of rotatable bonds is 6. The maximum atomic E-state index is 12.9. The summed E-state index contributed by atoms with van der Waals surface area (Å²) in [6.45, 7) is 8.50. The molecule has 0 bridgehead atoms. The van der Waals surface area contributed by atoms with Crippen molar-refractivity contribution in [3.05, 3.63) is 231 Å². The van der Waals surface area contributed by atoms with Crippen LogP contribution in [0.5, 0.6) is 17.2 Å². The van der Waals surface area contributed by atoms with Crippen molar-refractivity contribution < 1.29 is 57.9 Å². The smallest absolute Gasteiger partial charge is 0.373 e. The summed E-state index contributed by atoms with van der Waals surface area (Å²) >= 11 is 0. The van der Waals surface area contributed by atoms with E-state index in [-0.39, 0.29) is 52.2 Å². The van der Waals surface area contributed by atoms with Gasteiger partial charge in [0.15, 0.2) is 11.0 Å². The second-order valence-electron chi connectivity index (χ2n) is 22.0. The molecule has 6 aromatic rings. The van der Waals surface area contributed by atoms with Crippen molar-refractivity contribution >= 4 is 45.7 Å². The number of carboxylic acid groups (broad SMARTS) is 1. The molecule has 1 spiro atoms. The fourth-order valence-electron chi connectivity index (χ4n) is 11.3. The molecule has 3 atom stereocenters. The normalized spacial score (nSPS) is 16.1. The Morgan fingerprint density at radius 3 is 1.94 bits per heavy atom. The van der Waals surface area contributed by atoms with Gasteiger partial charge in [-0.25, -0.2) is 14.2 Å². The zero-order chi connectivity index (χ0) is 60.6. The third-order valence-electron chi connectivity index (χ3n) is 15.5. The highest BCUT2D eigenvalue weighted by molar-refractivity contribution is 6.08. The molecule has 0 radical (unpaired) electrons. The summed E-state index contributed by atoms with van der Waals surface area (Å²) in [5.41, 5.74) is 11.1. The van der Waals surface area contributed by atoms with E-state index in [2.05, 4.69) is 52.0 Å². The first-order valence-corrected chi connectivity index (χ1v) is 27.5. The van der Waals surface area contributed by atoms with Crippen LogP contribution in [0.4, 0.5) is 5.69 Å². The van der Waals surface area contributed by atoms with Crippen molar-refractivity contribution in [1.29, 1.82) is 0 Å². The number of allylic oxidation sites excluding steroid dienone is 1. The number of carboxylic acids is 1. The highest BCUT2D eigenvalue weighted by atomic mass is 16.6. The van der Waals surface area contributed by atoms with Gasteiger partial charge in [0.25, 0.3) is 0 Å². The molecule has 0 fully saturated rings. The number of anilines is 1. The Balaban J connectivity index is 0.000000139. The first-order chi connectivity index (χ1) is 40.7. The molecule has 4 heterocycles. The lowest BCUT2D eigenvalue weighted by Crippen LogP contribution is -2.48. The summed E-state index contributed by atoms with van der Waals surface area (Å²) in [4.78, 5) is 54.9. The molecular formula is C70H61N2O13+. The molecule has 0 amide bonds. The van der Waals surface area contributed by atoms with Gasteiger partial charge in [-0.2, -0.15) is 9.59 Å². The molecule has 6 aromatic carbocycles. The molecule has 428 valence electrons. The lowest BCUT2D eigenvalue weighted by atomic mass is 9.70. The molecule has 4 aliphatic heterocycles. The van der Waals surface area contributed by atoms with E-state index in [4.69, 9.17) is 27.9 Å². The number of carbonyl (C=O) groups excluding carboxylic acids is 3. The first kappa shape index (κ1) is 57.7. The number of hydrogen-bond donors (Lipinski definition) is 4. The second kappa shape index (κ2) is 23.4. The standard InChI is InChI=1S/C24H22N2O3.C23H20O5.C22H18O3.CO2/c1-25(2)15-9-11-19-21(13-15)29-22-14-16(26(3)4)10-12-20(22)23(19)17-7-5-6-8-18(17)24(27)28;1-12(2)13-3-6-17-16(9-13)22(26)28-23(17)18-7-4-14(24)10-20(18)27-21-11-15(25)5-8-19(21)23;1-13(2)14-3-5-15(6-4-14)22-18-9-7-16(23)11-20(18)25-21-12-17(24)8-10-19(21)22;2-1-3/h5-14H,1-4H3;3-12,18,20,24-25H,1-2H3;3-13,23H,1-2H3;/p+1. The summed E-state index contributed by atoms with van der Waals surface area (Å²) in [6.07, 6.45) is 4.76. The molecule has 7 aliphatic rings. The number of phenolic OH excluding ortho intramolecular Hbond substituents is 2. The highest BCUT2D eigenvalue weighted by Crippen LogP contribution is 2.56. The van der Waals surface area contributed by atoms with Crippen molar-refractivity contribution in [2.45, 2.75) is 51.2 Å². The fraction of sp³-hybridized carbons (Fsp3) is 0.186. The Bertz CT molecular complexity index is 4420. The van der Waals surface area contributed by atoms with Crippen molar-refractivity contribution in [3.8, 4) is 62.1 Å². The SMILES string of the molecule is CC(C)c1ccc(-c2c3ccc(=O)cc-3oc3cc(O)ccc23)cc1.CC(C)c1ccc2c(c1)C(=O)OC21c2ccc(O)cc2OC2C=C(O)C=CC21.CN(C)c1ccc2c(-c3ccccc3C(=O)O)c3ccc(=[N+](C)C)cc-3oc2c1.O=C=O. The number of fused-ring (bicyclic) bond motifs is 10. The predicted molar refractivity (Wildman–Crippen MR) is 325 cm³/mol. The molecular weight excluding hydrogens is 1080 g/mol. The van der Waals surface area contributed by atoms with Crippen LogP contribution in [0.3, 0.4) is 0 Å². The van der Waals surface area contributed by atoms with Gasteiger partial charge in [-0.15, -0.1) is 0 Å². The minimum atomic E-state index is -1.07. The lowest BCUT2D eigenvalue weighted by Gasteiger charge is -2.44. The lowest BCUT2D eigenvalue weighted by molar-refractivity contribution is -0.191. The summed E-state index contributed by atoms with van der Waals surface area (Å²) in [6, 6.07) is 48.2. The van der Waals surface area contributed by atoms with Gasteiger partial charge in [0.05, 0.1) is 23.1 Å². The number of carbonyl (C=O) groups is 2. The van der Waals surface area contributed by atoms with Crippen LogP contribution < -0.4 is 25.0 Å². The van der Waals surface area contributed by atoms with Crippen LogP contribution in [0.15, 0.2) is 195 Å². The summed E-state index contributed by atoms with van der Waals surface area (Å²) < 4.78 is 26.3. The molecule has 15 heteroatoms. The number of aliphatic hydroxyl groups excluding tert-OH is 1. The van der Waals surface area contributed by atoms with Crippen LogP contribution in [0.25, 0.3) is 66.8 Å². The zero-order valence-corrected chi connectivity index (χ0v) is 47.9. The Morgan fingerprint density at radius 2 is 1.25 bits per heavy atom. The van der Waals surface area contributed by atoms with E-state index in [0.29, 0.717) is 39.7 Å². The summed E-state index contributed by atoms with van der Waals surface area (Å²) in [5.74, 6) is 1.07. The van der Waals surface area contributed by atoms with E-state index in [0.717, 1.165) is 72.1 Å². The number of aliphatic hydroxyl groups is 1. The Kier molecular flexibility index (Phi) is 15.9. The number of hydrogen-bond acceptors (Lipinski definition) is 13. The molecule has 3 unspecified atom stereocenters. The molecule has 0 saturated carbocycles. The number of nitrogens with zero attached hydrogens (tertiary/aromatic N) is 2. The van der Waals surface area contributed by atoms with Crippen LogP contribution >= 0.6 is 0 Å². The summed E-state index contributed by atoms with van der Waals surface area (Å²) in [5, 5.41) is 42.3. The van der Waals surface area contributed by atoms with Gasteiger partial charge in [0.2, 0.25) is 5.36 Å². The van der Waals surface area contributed by atoms with Crippen LogP contribution in [-0.4, -0.2) is 72.8 Å². The van der Waals surface area contributed by atoms with Gasteiger partial charge in [-0.1, -0.05) is 88.4 Å². The minimum Gasteiger partial charge on any atom is -0.508 e. The van der Waals surface area contributed by atoms with E-state index in [1.54, 1.807) is 60.7 Å². The Labute approximate surface area is 489 Å². The highest BCUT2D eigenvalue weighted by Gasteiger charge is 2.58. The number of aromatic carboxylic acids is 1. The van der Waals surface area contributed by atoms with Gasteiger partial charge >= 0.3 is 18.1 Å². The number of aromatic hydroxyl groups is 2. The van der Waals surface area contributed by atoms with Crippen molar-refractivity contribution in [2.75, 3.05) is 33.1 Å². The number of ether oxygens (including phenoxy) is 2. The van der Waals surface area contributed by atoms with E-state index >= 15 is 0 Å². The van der Waals surface area contributed by atoms with Crippen molar-refractivity contribution in [3.63, 3.8) is 0 Å². The zero-order valence-electron chi connectivity index (χ0n) is 47.9. The van der Waals surface area contributed by atoms with Gasteiger partial charge in [0, 0.05) is 94.3 Å². The average Bonchev–Trinajstić information content (AvgIpc) is 1.73. The Morgan fingerprint density at radius 1 is 0.635 bits per heavy atom. The maximum Gasteiger partial charge on any atom is 0.373 e. The number of benzene rings is 8. The van der Waals surface area contributed by atoms with Crippen LogP contribution in [0.2, 0.25) is 0 Å². The van der Waals surface area contributed by atoms with Crippen molar-refractivity contribution in [2.24, 2.45) is 5.92 Å². The molecule has 15 nitrogen and oxygen atoms in total. The molecule has 85 heavy (non-hydrogen) atoms. The van der Waals surface area contributed by atoms with E-state index in [1.807, 2.05) is 117 Å². The minimum absolute atomic E-state index is 0.0617. The van der Waals surface area contributed by atoms with Crippen LogP contribution in [-0.2, 0) is 19.9 Å². The maximum absolute atomic E-state index is 12.9. The van der Waals surface area contributed by atoms with Crippen LogP contribution in [0.1, 0.15) is 82.5 Å².